The molecule has 2 aliphatic rings. The van der Waals surface area contributed by atoms with Crippen LogP contribution in [-0.2, 0) is 4.74 Å². The van der Waals surface area contributed by atoms with Crippen molar-refractivity contribution in [1.29, 1.82) is 0 Å². The maximum Gasteiger partial charge on any atom is 0.407 e. The SMILES string of the molecule is CCCCN(CCCS)C(=O)NC1CCC(CC2CCC(NC(=O)OCCC[Si](C)(C)C)CC2)CC1. The lowest BCUT2D eigenvalue weighted by Crippen LogP contribution is -2.46. The molecular weight excluding hydrogens is 486 g/mol. The van der Waals surface area contributed by atoms with E-state index in [1.165, 1.54) is 38.1 Å². The molecule has 8 heteroatoms. The average molecular weight is 542 g/mol. The summed E-state index contributed by atoms with van der Waals surface area (Å²) in [5, 5.41) is 6.42. The summed E-state index contributed by atoms with van der Waals surface area (Å²) in [7, 11) is -1.06. The van der Waals surface area contributed by atoms with Gasteiger partial charge in [-0.25, -0.2) is 9.59 Å². The molecule has 0 atom stereocenters. The molecule has 0 aliphatic heterocycles. The van der Waals surface area contributed by atoms with E-state index in [0.29, 0.717) is 12.6 Å². The minimum Gasteiger partial charge on any atom is -0.450 e. The van der Waals surface area contributed by atoms with Crippen molar-refractivity contribution in [3.63, 3.8) is 0 Å². The third kappa shape index (κ3) is 13.1. The second-order valence-corrected chi connectivity index (χ2v) is 18.6. The van der Waals surface area contributed by atoms with E-state index >= 15 is 0 Å². The molecule has 210 valence electrons. The Morgan fingerprint density at radius 2 is 1.42 bits per heavy atom. The first-order valence-electron chi connectivity index (χ1n) is 14.8. The molecule has 2 N–H and O–H groups in total. The molecule has 0 unspecified atom stereocenters. The maximum atomic E-state index is 12.8. The van der Waals surface area contributed by atoms with Gasteiger partial charge in [-0.1, -0.05) is 39.0 Å². The average Bonchev–Trinajstić information content (AvgIpc) is 2.84. The molecule has 0 spiro atoms. The van der Waals surface area contributed by atoms with Gasteiger partial charge in [0.2, 0.25) is 0 Å². The van der Waals surface area contributed by atoms with Gasteiger partial charge in [-0.05, 0) is 94.6 Å². The zero-order chi connectivity index (χ0) is 26.4. The summed E-state index contributed by atoms with van der Waals surface area (Å²) >= 11 is 4.31. The lowest BCUT2D eigenvalue weighted by atomic mass is 9.76. The lowest BCUT2D eigenvalue weighted by molar-refractivity contribution is 0.135. The summed E-state index contributed by atoms with van der Waals surface area (Å²) in [4.78, 5) is 26.9. The molecule has 6 nitrogen and oxygen atoms in total. The Hall–Kier alpha value is -0.893. The Balaban J connectivity index is 1.59. The van der Waals surface area contributed by atoms with Crippen molar-refractivity contribution < 1.29 is 14.3 Å². The van der Waals surface area contributed by atoms with Gasteiger partial charge in [0.1, 0.15) is 0 Å². The fraction of sp³-hybridized carbons (Fsp3) is 0.929. The van der Waals surface area contributed by atoms with Crippen LogP contribution in [0.4, 0.5) is 9.59 Å². The Morgan fingerprint density at radius 1 is 0.861 bits per heavy atom. The van der Waals surface area contributed by atoms with Gasteiger partial charge in [0, 0.05) is 33.2 Å². The van der Waals surface area contributed by atoms with Crippen molar-refractivity contribution >= 4 is 32.8 Å². The summed E-state index contributed by atoms with van der Waals surface area (Å²) in [6, 6.07) is 1.92. The van der Waals surface area contributed by atoms with Crippen LogP contribution in [0.1, 0.15) is 90.4 Å². The van der Waals surface area contributed by atoms with Crippen molar-refractivity contribution in [3.05, 3.63) is 0 Å². The van der Waals surface area contributed by atoms with Gasteiger partial charge in [0.05, 0.1) is 6.61 Å². The first-order chi connectivity index (χ1) is 17.2. The fourth-order valence-corrected chi connectivity index (χ4v) is 7.07. The van der Waals surface area contributed by atoms with E-state index in [1.807, 2.05) is 4.90 Å². The van der Waals surface area contributed by atoms with Crippen molar-refractivity contribution in [3.8, 4) is 0 Å². The number of amides is 3. The van der Waals surface area contributed by atoms with E-state index in [1.54, 1.807) is 0 Å². The topological polar surface area (TPSA) is 70.7 Å². The first-order valence-corrected chi connectivity index (χ1v) is 19.1. The number of ether oxygens (including phenoxy) is 1. The normalized spacial score (nSPS) is 24.7. The first kappa shape index (κ1) is 31.3. The number of hydrogen-bond acceptors (Lipinski definition) is 4. The van der Waals surface area contributed by atoms with Crippen LogP contribution in [0, 0.1) is 11.8 Å². The number of unbranched alkanes of at least 4 members (excludes halogenated alkanes) is 1. The van der Waals surface area contributed by atoms with Gasteiger partial charge in [-0.3, -0.25) is 0 Å². The van der Waals surface area contributed by atoms with Crippen molar-refractivity contribution in [2.24, 2.45) is 11.8 Å². The van der Waals surface area contributed by atoms with Crippen LogP contribution in [0.15, 0.2) is 0 Å². The fourth-order valence-electron chi connectivity index (χ4n) is 5.72. The quantitative estimate of drug-likeness (QED) is 0.125. The molecule has 2 rings (SSSR count). The Kier molecular flexibility index (Phi) is 14.7. The molecule has 36 heavy (non-hydrogen) atoms. The van der Waals surface area contributed by atoms with E-state index in [0.717, 1.165) is 82.0 Å². The Morgan fingerprint density at radius 3 is 1.94 bits per heavy atom. The molecule has 0 aromatic carbocycles. The van der Waals surface area contributed by atoms with Gasteiger partial charge in [0.15, 0.2) is 0 Å². The van der Waals surface area contributed by atoms with Crippen molar-refractivity contribution in [2.75, 3.05) is 25.4 Å². The largest absolute Gasteiger partial charge is 0.450 e. The second-order valence-electron chi connectivity index (χ2n) is 12.5. The van der Waals surface area contributed by atoms with E-state index in [9.17, 15) is 9.59 Å². The summed E-state index contributed by atoms with van der Waals surface area (Å²) in [5.74, 6) is 2.38. The minimum atomic E-state index is -1.06. The van der Waals surface area contributed by atoms with Crippen molar-refractivity contribution in [1.82, 2.24) is 15.5 Å². The molecule has 2 saturated carbocycles. The van der Waals surface area contributed by atoms with E-state index in [4.69, 9.17) is 4.74 Å². The number of thiol groups is 1. The van der Waals surface area contributed by atoms with Crippen LogP contribution < -0.4 is 10.6 Å². The maximum absolute atomic E-state index is 12.8. The predicted molar refractivity (Wildman–Crippen MR) is 157 cm³/mol. The molecule has 2 aliphatic carbocycles. The molecular formula is C28H55N3O3SSi. The summed E-state index contributed by atoms with van der Waals surface area (Å²) in [5.41, 5.74) is 0. The molecule has 0 aromatic rings. The monoisotopic (exact) mass is 541 g/mol. The molecule has 0 saturated heterocycles. The van der Waals surface area contributed by atoms with Crippen LogP contribution in [0.3, 0.4) is 0 Å². The molecule has 0 aromatic heterocycles. The smallest absolute Gasteiger partial charge is 0.407 e. The zero-order valence-corrected chi connectivity index (χ0v) is 25.6. The van der Waals surface area contributed by atoms with E-state index in [2.05, 4.69) is 49.8 Å². The van der Waals surface area contributed by atoms with E-state index in [-0.39, 0.29) is 18.2 Å². The van der Waals surface area contributed by atoms with Gasteiger partial charge in [-0.2, -0.15) is 12.6 Å². The number of rotatable bonds is 14. The van der Waals surface area contributed by atoms with Crippen LogP contribution >= 0.6 is 12.6 Å². The van der Waals surface area contributed by atoms with Gasteiger partial charge in [-0.15, -0.1) is 0 Å². The summed E-state index contributed by atoms with van der Waals surface area (Å²) in [6.45, 7) is 11.4. The van der Waals surface area contributed by atoms with Crippen LogP contribution in [0.2, 0.25) is 25.7 Å². The third-order valence-corrected chi connectivity index (χ3v) is 10.1. The third-order valence-electron chi connectivity index (χ3n) is 7.97. The van der Waals surface area contributed by atoms with Crippen LogP contribution in [0.25, 0.3) is 0 Å². The molecule has 2 fully saturated rings. The number of hydrogen-bond donors (Lipinski definition) is 3. The molecule has 0 heterocycles. The van der Waals surface area contributed by atoms with Gasteiger partial charge < -0.3 is 20.3 Å². The number of urea groups is 1. The molecule has 0 bridgehead atoms. The molecule has 0 radical (unpaired) electrons. The molecule has 3 amide bonds. The Bertz CT molecular complexity index is 622. The second kappa shape index (κ2) is 16.8. The van der Waals surface area contributed by atoms with Crippen molar-refractivity contribution in [2.45, 2.75) is 128 Å². The highest BCUT2D eigenvalue weighted by atomic mass is 32.1. The highest BCUT2D eigenvalue weighted by Gasteiger charge is 2.29. The number of alkyl carbamates (subject to hydrolysis) is 1. The van der Waals surface area contributed by atoms with E-state index < -0.39 is 8.07 Å². The number of carbonyl (C=O) groups excluding carboxylic acids is 2. The summed E-state index contributed by atoms with van der Waals surface area (Å²) < 4.78 is 5.41. The Labute approximate surface area is 227 Å². The number of nitrogens with one attached hydrogen (secondary N) is 2. The van der Waals surface area contributed by atoms with Gasteiger partial charge >= 0.3 is 12.1 Å². The standard InChI is InChI=1S/C28H55N3O3SSi/c1-5-6-17-31(18-7-20-35)27(32)29-25-13-9-23(10-14-25)22-24-11-15-26(16-12-24)30-28(33)34-19-8-21-36(2,3)4/h23-26,35H,5-22H2,1-4H3,(H,29,32)(H,30,33). The van der Waals surface area contributed by atoms with Crippen LogP contribution in [0.5, 0.6) is 0 Å². The van der Waals surface area contributed by atoms with Crippen LogP contribution in [-0.4, -0.2) is 62.6 Å². The van der Waals surface area contributed by atoms with Gasteiger partial charge in [0.25, 0.3) is 0 Å². The zero-order valence-electron chi connectivity index (χ0n) is 23.7. The highest BCUT2D eigenvalue weighted by molar-refractivity contribution is 7.80. The lowest BCUT2D eigenvalue weighted by Gasteiger charge is -2.35. The number of nitrogens with zero attached hydrogens (tertiary/aromatic N) is 1. The summed E-state index contributed by atoms with van der Waals surface area (Å²) in [6.07, 6.45) is 14.4. The predicted octanol–water partition coefficient (Wildman–Crippen LogP) is 7.08. The number of carbonyl (C=O) groups is 2. The minimum absolute atomic E-state index is 0.120. The highest BCUT2D eigenvalue weighted by Crippen LogP contribution is 2.35.